The Balaban J connectivity index is 2.27. The summed E-state index contributed by atoms with van der Waals surface area (Å²) >= 11 is 0. The van der Waals surface area contributed by atoms with Crippen LogP contribution in [0.25, 0.3) is 0 Å². The van der Waals surface area contributed by atoms with Crippen LogP contribution in [0.4, 0.5) is 0 Å². The van der Waals surface area contributed by atoms with Gasteiger partial charge in [-0.15, -0.1) is 0 Å². The van der Waals surface area contributed by atoms with Crippen molar-refractivity contribution in [3.05, 3.63) is 28.8 Å². The first kappa shape index (κ1) is 10.5. The molecule has 82 valence electrons. The monoisotopic (exact) mass is 204 g/mol. The summed E-state index contributed by atoms with van der Waals surface area (Å²) in [5, 5.41) is 9.73. The number of phenolic OH excluding ortho intramolecular Hbond substituents is 1. The quantitative estimate of drug-likeness (QED) is 0.731. The molecule has 1 N–H and O–H groups in total. The van der Waals surface area contributed by atoms with Crippen LogP contribution in [0, 0.1) is 13.8 Å². The number of rotatable bonds is 1. The summed E-state index contributed by atoms with van der Waals surface area (Å²) in [6.45, 7) is 3.99. The van der Waals surface area contributed by atoms with Gasteiger partial charge in [0.2, 0.25) is 0 Å². The van der Waals surface area contributed by atoms with Gasteiger partial charge in [-0.2, -0.15) is 0 Å². The lowest BCUT2D eigenvalue weighted by Crippen LogP contribution is -2.05. The summed E-state index contributed by atoms with van der Waals surface area (Å²) in [5.41, 5.74) is 3.48. The van der Waals surface area contributed by atoms with Crippen LogP contribution in [-0.4, -0.2) is 5.11 Å². The average molecular weight is 204 g/mol. The number of phenols is 1. The molecule has 1 aliphatic carbocycles. The van der Waals surface area contributed by atoms with Gasteiger partial charge < -0.3 is 5.11 Å². The highest BCUT2D eigenvalue weighted by molar-refractivity contribution is 5.43. The molecular formula is C14H20O. The Morgan fingerprint density at radius 3 is 2.07 bits per heavy atom. The summed E-state index contributed by atoms with van der Waals surface area (Å²) in [4.78, 5) is 0. The first-order chi connectivity index (χ1) is 7.18. The van der Waals surface area contributed by atoms with Crippen molar-refractivity contribution in [3.63, 3.8) is 0 Å². The molecule has 0 bridgehead atoms. The van der Waals surface area contributed by atoms with Gasteiger partial charge in [0.25, 0.3) is 0 Å². The molecule has 1 nitrogen and oxygen atoms in total. The molecular weight excluding hydrogens is 184 g/mol. The molecule has 0 aromatic heterocycles. The number of aromatic hydroxyl groups is 1. The van der Waals surface area contributed by atoms with Crippen LogP contribution in [0.1, 0.15) is 54.7 Å². The first-order valence-electron chi connectivity index (χ1n) is 5.98. The lowest BCUT2D eigenvalue weighted by atomic mass is 9.83. The Bertz CT molecular complexity index is 325. The largest absolute Gasteiger partial charge is 0.507 e. The van der Waals surface area contributed by atoms with E-state index in [2.05, 4.69) is 12.1 Å². The predicted octanol–water partition coefficient (Wildman–Crippen LogP) is 4.06. The second-order valence-corrected chi connectivity index (χ2v) is 4.84. The van der Waals surface area contributed by atoms with Gasteiger partial charge >= 0.3 is 0 Å². The van der Waals surface area contributed by atoms with Crippen LogP contribution in [-0.2, 0) is 0 Å². The normalized spacial score (nSPS) is 18.0. The zero-order valence-electron chi connectivity index (χ0n) is 9.71. The molecule has 1 aliphatic rings. The van der Waals surface area contributed by atoms with Crippen molar-refractivity contribution in [2.24, 2.45) is 0 Å². The second kappa shape index (κ2) is 4.26. The third kappa shape index (κ3) is 2.17. The molecule has 0 aliphatic heterocycles. The van der Waals surface area contributed by atoms with Gasteiger partial charge in [0, 0.05) is 0 Å². The lowest BCUT2D eigenvalue weighted by molar-refractivity contribution is 0.440. The summed E-state index contributed by atoms with van der Waals surface area (Å²) in [6.07, 6.45) is 6.77. The molecule has 0 unspecified atom stereocenters. The number of benzene rings is 1. The molecule has 1 aromatic rings. The zero-order chi connectivity index (χ0) is 10.8. The number of hydrogen-bond acceptors (Lipinski definition) is 1. The fraction of sp³-hybridized carbons (Fsp3) is 0.571. The van der Waals surface area contributed by atoms with E-state index in [1.807, 2.05) is 13.8 Å². The standard InChI is InChI=1S/C14H20O/c1-10-8-13(9-11(2)14(10)15)12-6-4-3-5-7-12/h8-9,12,15H,3-7H2,1-2H3. The molecule has 15 heavy (non-hydrogen) atoms. The van der Waals surface area contributed by atoms with Gasteiger partial charge in [-0.3, -0.25) is 0 Å². The van der Waals surface area contributed by atoms with Gasteiger partial charge in [0.15, 0.2) is 0 Å². The van der Waals surface area contributed by atoms with Crippen molar-refractivity contribution < 1.29 is 5.11 Å². The van der Waals surface area contributed by atoms with Crippen molar-refractivity contribution in [2.75, 3.05) is 0 Å². The topological polar surface area (TPSA) is 20.2 Å². The highest BCUT2D eigenvalue weighted by atomic mass is 16.3. The summed E-state index contributed by atoms with van der Waals surface area (Å²) < 4.78 is 0. The van der Waals surface area contributed by atoms with Crippen molar-refractivity contribution in [1.82, 2.24) is 0 Å². The summed E-state index contributed by atoms with van der Waals surface area (Å²) in [7, 11) is 0. The number of hydrogen-bond donors (Lipinski definition) is 1. The van der Waals surface area contributed by atoms with Crippen molar-refractivity contribution >= 4 is 0 Å². The van der Waals surface area contributed by atoms with E-state index in [1.54, 1.807) is 0 Å². The Hall–Kier alpha value is -0.980. The fourth-order valence-corrected chi connectivity index (χ4v) is 2.66. The van der Waals surface area contributed by atoms with E-state index >= 15 is 0 Å². The van der Waals surface area contributed by atoms with Gasteiger partial charge in [0.05, 0.1) is 0 Å². The van der Waals surface area contributed by atoms with Crippen LogP contribution < -0.4 is 0 Å². The molecule has 1 fully saturated rings. The maximum Gasteiger partial charge on any atom is 0.121 e. The Morgan fingerprint density at radius 1 is 1.00 bits per heavy atom. The van der Waals surface area contributed by atoms with Crippen LogP contribution in [0.15, 0.2) is 12.1 Å². The molecule has 1 saturated carbocycles. The molecule has 0 radical (unpaired) electrons. The second-order valence-electron chi connectivity index (χ2n) is 4.84. The van der Waals surface area contributed by atoms with Crippen molar-refractivity contribution in [2.45, 2.75) is 51.9 Å². The van der Waals surface area contributed by atoms with Crippen LogP contribution in [0.5, 0.6) is 5.75 Å². The molecule has 0 spiro atoms. The smallest absolute Gasteiger partial charge is 0.121 e. The highest BCUT2D eigenvalue weighted by Crippen LogP contribution is 2.35. The lowest BCUT2D eigenvalue weighted by Gasteiger charge is -2.23. The maximum absolute atomic E-state index is 9.73. The Morgan fingerprint density at radius 2 is 1.53 bits per heavy atom. The molecule has 0 atom stereocenters. The highest BCUT2D eigenvalue weighted by Gasteiger charge is 2.16. The van der Waals surface area contributed by atoms with Crippen molar-refractivity contribution in [1.29, 1.82) is 0 Å². The Labute approximate surface area is 92.1 Å². The van der Waals surface area contributed by atoms with Crippen LogP contribution >= 0.6 is 0 Å². The first-order valence-corrected chi connectivity index (χ1v) is 5.98. The van der Waals surface area contributed by atoms with Crippen LogP contribution in [0.3, 0.4) is 0 Å². The molecule has 0 amide bonds. The molecule has 0 saturated heterocycles. The minimum atomic E-state index is 0.467. The van der Waals surface area contributed by atoms with Crippen LogP contribution in [0.2, 0.25) is 0 Å². The minimum Gasteiger partial charge on any atom is -0.507 e. The molecule has 1 heteroatoms. The van der Waals surface area contributed by atoms with E-state index < -0.39 is 0 Å². The fourth-order valence-electron chi connectivity index (χ4n) is 2.66. The summed E-state index contributed by atoms with van der Waals surface area (Å²) in [5.74, 6) is 1.20. The summed E-state index contributed by atoms with van der Waals surface area (Å²) in [6, 6.07) is 4.33. The van der Waals surface area contributed by atoms with E-state index in [1.165, 1.54) is 37.7 Å². The van der Waals surface area contributed by atoms with Gasteiger partial charge in [0.1, 0.15) is 5.75 Å². The number of aryl methyl sites for hydroxylation is 2. The van der Waals surface area contributed by atoms with E-state index in [9.17, 15) is 5.11 Å². The van der Waals surface area contributed by atoms with E-state index in [-0.39, 0.29) is 0 Å². The van der Waals surface area contributed by atoms with E-state index in [4.69, 9.17) is 0 Å². The maximum atomic E-state index is 9.73. The van der Waals surface area contributed by atoms with Crippen molar-refractivity contribution in [3.8, 4) is 5.75 Å². The van der Waals surface area contributed by atoms with Gasteiger partial charge in [-0.25, -0.2) is 0 Å². The van der Waals surface area contributed by atoms with Gasteiger partial charge in [-0.1, -0.05) is 31.4 Å². The predicted molar refractivity (Wildman–Crippen MR) is 63.4 cm³/mol. The SMILES string of the molecule is Cc1cc(C2CCCCC2)cc(C)c1O. The average Bonchev–Trinajstić information content (AvgIpc) is 2.26. The third-order valence-electron chi connectivity index (χ3n) is 3.59. The molecule has 2 rings (SSSR count). The van der Waals surface area contributed by atoms with E-state index in [0.717, 1.165) is 17.0 Å². The molecule has 1 aromatic carbocycles. The van der Waals surface area contributed by atoms with E-state index in [0.29, 0.717) is 5.75 Å². The Kier molecular flexibility index (Phi) is 2.99. The third-order valence-corrected chi connectivity index (χ3v) is 3.59. The minimum absolute atomic E-state index is 0.467. The zero-order valence-corrected chi connectivity index (χ0v) is 9.71. The van der Waals surface area contributed by atoms with Gasteiger partial charge in [-0.05, 0) is 49.3 Å². The molecule has 0 heterocycles.